The van der Waals surface area contributed by atoms with Crippen LogP contribution < -0.4 is 5.08 Å². The number of nitrogens with one attached hydrogen (secondary N) is 1. The highest BCUT2D eigenvalue weighted by Gasteiger charge is 2.32. The van der Waals surface area contributed by atoms with E-state index in [9.17, 15) is 4.57 Å². The molecular formula is C7H15Cl2N2O2P. The third kappa shape index (κ3) is 3.37. The van der Waals surface area contributed by atoms with Gasteiger partial charge >= 0.3 is 7.67 Å². The minimum atomic E-state index is -5.63. The molecule has 7 heteroatoms. The molecule has 1 aliphatic rings. The molecule has 1 saturated heterocycles. The minimum Gasteiger partial charge on any atom is -0.306 e. The van der Waals surface area contributed by atoms with Crippen molar-refractivity contribution in [1.82, 2.24) is 9.75 Å². The number of rotatable bonds is 5. The van der Waals surface area contributed by atoms with E-state index in [0.29, 0.717) is 0 Å². The fraction of sp³-hybridized carbons (Fsp3) is 1.00. The van der Waals surface area contributed by atoms with Crippen molar-refractivity contribution in [3.63, 3.8) is 0 Å². The zero-order valence-electron chi connectivity index (χ0n) is 19.6. The molecule has 0 amide bonds. The standard InChI is InChI=1S/C7H15Cl2N2O2P/c8-2-5-11(6-3-9)14(12)10-4-1-7-13-14/h1-7H2,(H,10,12)/i1D2,2D2,3D2,4D2,5D2,6D2/hD. The third-order valence-electron chi connectivity index (χ3n) is 1.11. The van der Waals surface area contributed by atoms with Gasteiger partial charge in [0, 0.05) is 47.6 Å². The molecule has 0 aromatic carbocycles. The van der Waals surface area contributed by atoms with Gasteiger partial charge in [0.1, 0.15) is 1.41 Å². The van der Waals surface area contributed by atoms with Crippen LogP contribution in [0.4, 0.5) is 0 Å². The van der Waals surface area contributed by atoms with Gasteiger partial charge in [-0.05, 0) is 6.37 Å². The van der Waals surface area contributed by atoms with Crippen LogP contribution in [0, 0.1) is 0 Å². The lowest BCUT2D eigenvalue weighted by Crippen LogP contribution is -2.35. The lowest BCUT2D eigenvalue weighted by atomic mass is 10.5. The predicted octanol–water partition coefficient (Wildman–Crippen LogP) is 1.88. The summed E-state index contributed by atoms with van der Waals surface area (Å²) in [7, 11) is -5.63. The largest absolute Gasteiger partial charge is 0.343 e. The molecule has 1 N–H and O–H groups in total. The molecule has 0 saturated carbocycles. The van der Waals surface area contributed by atoms with E-state index < -0.39 is 61.6 Å². The van der Waals surface area contributed by atoms with Crippen molar-refractivity contribution in [1.29, 1.82) is 0 Å². The second-order valence-corrected chi connectivity index (χ2v) is 4.09. The highest BCUT2D eigenvalue weighted by molar-refractivity contribution is 7.54. The monoisotopic (exact) mass is 273 g/mol. The first kappa shape index (κ1) is 3.59. The van der Waals surface area contributed by atoms with Crippen LogP contribution in [0.2, 0.25) is 1.41 Å². The Bertz CT molecular complexity index is 609. The van der Waals surface area contributed by atoms with E-state index in [1.807, 2.05) is 0 Å². The lowest BCUT2D eigenvalue weighted by molar-refractivity contribution is 0.233. The van der Waals surface area contributed by atoms with Crippen molar-refractivity contribution in [3.8, 4) is 0 Å². The SMILES string of the molecule is [2H]N1C([2H])([2H])C([2H])([2H])COP1(=O)N(C([2H])([2H])C([2H])([2H])Cl)C([2H])([2H])C([2H])([2H])Cl. The van der Waals surface area contributed by atoms with E-state index in [2.05, 4.69) is 4.52 Å². The first-order chi connectivity index (χ1) is 11.5. The Hall–Kier alpha value is 0.690. The second-order valence-electron chi connectivity index (χ2n) is 1.88. The summed E-state index contributed by atoms with van der Waals surface area (Å²) in [5, 5.41) is -0.690. The van der Waals surface area contributed by atoms with Crippen LogP contribution in [0.3, 0.4) is 0 Å². The van der Waals surface area contributed by atoms with E-state index in [-0.39, 0.29) is 0 Å². The number of alkyl halides is 2. The van der Waals surface area contributed by atoms with Gasteiger partial charge in [0.15, 0.2) is 0 Å². The normalized spacial score (nSPS) is 54.6. The fourth-order valence-corrected chi connectivity index (χ4v) is 1.94. The zero-order chi connectivity index (χ0) is 22.1. The molecule has 14 heavy (non-hydrogen) atoms. The average Bonchev–Trinajstić information content (AvgIpc) is 2.39. The van der Waals surface area contributed by atoms with Crippen LogP contribution in [0.5, 0.6) is 0 Å². The van der Waals surface area contributed by atoms with Crippen LogP contribution in [0.15, 0.2) is 0 Å². The summed E-state index contributed by atoms with van der Waals surface area (Å²) in [5.41, 5.74) is 0. The van der Waals surface area contributed by atoms with Crippen LogP contribution in [0.1, 0.15) is 22.8 Å². The molecule has 4 nitrogen and oxygen atoms in total. The first-order valence-electron chi connectivity index (χ1n) is 9.65. The number of hydrogen-bond acceptors (Lipinski definition) is 2. The molecule has 0 aliphatic carbocycles. The van der Waals surface area contributed by atoms with E-state index in [0.717, 1.165) is 0 Å². The third-order valence-corrected chi connectivity index (χ3v) is 2.80. The van der Waals surface area contributed by atoms with Crippen molar-refractivity contribution < 1.29 is 26.9 Å². The highest BCUT2D eigenvalue weighted by atomic mass is 35.5. The van der Waals surface area contributed by atoms with Gasteiger partial charge in [-0.1, -0.05) is 0 Å². The quantitative estimate of drug-likeness (QED) is 0.614. The van der Waals surface area contributed by atoms with E-state index in [4.69, 9.17) is 41.1 Å². The molecular weight excluding hydrogens is 246 g/mol. The molecule has 0 spiro atoms. The van der Waals surface area contributed by atoms with Crippen LogP contribution in [-0.2, 0) is 9.09 Å². The molecule has 0 bridgehead atoms. The topological polar surface area (TPSA) is 41.6 Å². The summed E-state index contributed by atoms with van der Waals surface area (Å²) >= 11 is 10.6. The second kappa shape index (κ2) is 6.31. The Morgan fingerprint density at radius 1 is 1.64 bits per heavy atom. The molecule has 1 unspecified atom stereocenters. The highest BCUT2D eigenvalue weighted by Crippen LogP contribution is 2.47. The van der Waals surface area contributed by atoms with Crippen molar-refractivity contribution in [2.75, 3.05) is 37.8 Å². The summed E-state index contributed by atoms with van der Waals surface area (Å²) in [6.45, 7) is -12.5. The van der Waals surface area contributed by atoms with Crippen molar-refractivity contribution in [3.05, 3.63) is 0 Å². The van der Waals surface area contributed by atoms with Crippen molar-refractivity contribution in [2.24, 2.45) is 0 Å². The average molecular weight is 274 g/mol. The Kier molecular flexibility index (Phi) is 1.62. The van der Waals surface area contributed by atoms with Gasteiger partial charge in [0.2, 0.25) is 0 Å². The summed E-state index contributed by atoms with van der Waals surface area (Å²) in [5.74, 6) is -7.10. The van der Waals surface area contributed by atoms with E-state index in [1.54, 1.807) is 0 Å². The van der Waals surface area contributed by atoms with Crippen LogP contribution in [0.25, 0.3) is 0 Å². The summed E-state index contributed by atoms with van der Waals surface area (Å²) in [4.78, 5) is 0. The molecule has 1 atom stereocenters. The number of nitrogens with zero attached hydrogens (tertiary/aromatic N) is 1. The van der Waals surface area contributed by atoms with E-state index >= 15 is 0 Å². The Balaban J connectivity index is 3.80. The number of halogens is 2. The van der Waals surface area contributed by atoms with Crippen LogP contribution >= 0.6 is 30.9 Å². The first-order valence-corrected chi connectivity index (χ1v) is 5.49. The summed E-state index contributed by atoms with van der Waals surface area (Å²) in [6, 6.07) is 0. The fourth-order valence-electron chi connectivity index (χ4n) is 0.613. The van der Waals surface area contributed by atoms with Gasteiger partial charge in [-0.25, -0.2) is 9.75 Å². The molecule has 1 heterocycles. The smallest absolute Gasteiger partial charge is 0.306 e. The number of hydrogen-bond donors (Lipinski definition) is 1. The molecule has 84 valence electrons. The predicted molar refractivity (Wildman–Crippen MR) is 59.2 cm³/mol. The molecule has 0 aromatic rings. The summed E-state index contributed by atoms with van der Waals surface area (Å²) < 4.78 is 116. The lowest BCUT2D eigenvalue weighted by Gasteiger charge is -2.33. The Labute approximate surface area is 113 Å². The van der Waals surface area contributed by atoms with Gasteiger partial charge in [-0.3, -0.25) is 4.57 Å². The maximum absolute atomic E-state index is 13.3. The van der Waals surface area contributed by atoms with Crippen LogP contribution in [-0.4, -0.2) is 42.4 Å². The van der Waals surface area contributed by atoms with Gasteiger partial charge in [0.05, 0.1) is 6.61 Å². The van der Waals surface area contributed by atoms with Gasteiger partial charge in [0.25, 0.3) is 0 Å². The molecule has 1 fully saturated rings. The van der Waals surface area contributed by atoms with Gasteiger partial charge < -0.3 is 4.52 Å². The Morgan fingerprint density at radius 2 is 2.29 bits per heavy atom. The summed E-state index contributed by atoms with van der Waals surface area (Å²) in [6.07, 6.45) is -2.95. The van der Waals surface area contributed by atoms with Gasteiger partial charge in [-0.2, -0.15) is 0 Å². The van der Waals surface area contributed by atoms with Crippen molar-refractivity contribution >= 4 is 30.9 Å². The van der Waals surface area contributed by atoms with Crippen molar-refractivity contribution in [2.45, 2.75) is 6.37 Å². The molecule has 1 rings (SSSR count). The molecule has 0 aromatic heterocycles. The van der Waals surface area contributed by atoms with E-state index in [1.165, 1.54) is 0 Å². The Morgan fingerprint density at radius 3 is 2.86 bits per heavy atom. The zero-order valence-corrected chi connectivity index (χ0v) is 9.03. The molecule has 0 radical (unpaired) electrons. The minimum absolute atomic E-state index is 0.690. The maximum Gasteiger partial charge on any atom is 0.343 e. The molecule has 1 aliphatic heterocycles. The van der Waals surface area contributed by atoms with Gasteiger partial charge in [-0.15, -0.1) is 23.2 Å². The maximum atomic E-state index is 13.3.